The maximum atomic E-state index is 11.6. The SMILES string of the molecule is CNCC(C)C(=O)c1cncnc1. The van der Waals surface area contributed by atoms with Crippen LogP contribution >= 0.6 is 0 Å². The van der Waals surface area contributed by atoms with Crippen molar-refractivity contribution < 1.29 is 4.79 Å². The van der Waals surface area contributed by atoms with Gasteiger partial charge in [-0.15, -0.1) is 0 Å². The highest BCUT2D eigenvalue weighted by atomic mass is 16.1. The number of aromatic nitrogens is 2. The first-order chi connectivity index (χ1) is 6.25. The molecule has 0 radical (unpaired) electrons. The molecule has 4 heteroatoms. The van der Waals surface area contributed by atoms with Gasteiger partial charge in [-0.05, 0) is 7.05 Å². The van der Waals surface area contributed by atoms with Gasteiger partial charge in [-0.25, -0.2) is 9.97 Å². The monoisotopic (exact) mass is 179 g/mol. The lowest BCUT2D eigenvalue weighted by Gasteiger charge is -2.08. The lowest BCUT2D eigenvalue weighted by Crippen LogP contribution is -2.23. The molecule has 0 bridgehead atoms. The van der Waals surface area contributed by atoms with Crippen LogP contribution in [0.3, 0.4) is 0 Å². The van der Waals surface area contributed by atoms with E-state index in [1.54, 1.807) is 12.4 Å². The van der Waals surface area contributed by atoms with E-state index < -0.39 is 0 Å². The molecule has 1 heterocycles. The highest BCUT2D eigenvalue weighted by molar-refractivity contribution is 5.97. The van der Waals surface area contributed by atoms with Crippen molar-refractivity contribution in [1.29, 1.82) is 0 Å². The molecule has 1 atom stereocenters. The van der Waals surface area contributed by atoms with Crippen molar-refractivity contribution in [3.8, 4) is 0 Å². The van der Waals surface area contributed by atoms with Crippen molar-refractivity contribution in [2.24, 2.45) is 5.92 Å². The summed E-state index contributed by atoms with van der Waals surface area (Å²) in [4.78, 5) is 19.2. The second kappa shape index (κ2) is 4.67. The summed E-state index contributed by atoms with van der Waals surface area (Å²) in [6.45, 7) is 2.56. The van der Waals surface area contributed by atoms with Crippen LogP contribution in [0, 0.1) is 5.92 Å². The number of nitrogens with one attached hydrogen (secondary N) is 1. The number of hydrogen-bond acceptors (Lipinski definition) is 4. The molecule has 0 aliphatic heterocycles. The van der Waals surface area contributed by atoms with Crippen LogP contribution in [0.1, 0.15) is 17.3 Å². The second-order valence-electron chi connectivity index (χ2n) is 2.95. The van der Waals surface area contributed by atoms with Gasteiger partial charge >= 0.3 is 0 Å². The molecule has 1 N–H and O–H groups in total. The van der Waals surface area contributed by atoms with Gasteiger partial charge in [0.2, 0.25) is 0 Å². The number of nitrogens with zero attached hydrogens (tertiary/aromatic N) is 2. The van der Waals surface area contributed by atoms with Crippen molar-refractivity contribution in [1.82, 2.24) is 15.3 Å². The first-order valence-electron chi connectivity index (χ1n) is 4.19. The van der Waals surface area contributed by atoms with E-state index in [1.165, 1.54) is 6.33 Å². The molecular weight excluding hydrogens is 166 g/mol. The van der Waals surface area contributed by atoms with Gasteiger partial charge in [-0.2, -0.15) is 0 Å². The molecule has 1 rings (SSSR count). The summed E-state index contributed by atoms with van der Waals surface area (Å²) in [7, 11) is 1.82. The van der Waals surface area contributed by atoms with Gasteiger partial charge in [0.05, 0.1) is 5.56 Å². The number of Topliss-reactive ketones (excluding diaryl/α,β-unsaturated/α-hetero) is 1. The van der Waals surface area contributed by atoms with E-state index in [4.69, 9.17) is 0 Å². The third kappa shape index (κ3) is 2.59. The topological polar surface area (TPSA) is 54.9 Å². The maximum Gasteiger partial charge on any atom is 0.170 e. The van der Waals surface area contributed by atoms with Gasteiger partial charge in [0, 0.05) is 24.9 Å². The van der Waals surface area contributed by atoms with Gasteiger partial charge in [-0.1, -0.05) is 6.92 Å². The molecule has 0 aliphatic carbocycles. The Hall–Kier alpha value is -1.29. The van der Waals surface area contributed by atoms with Crippen molar-refractivity contribution in [3.63, 3.8) is 0 Å². The average molecular weight is 179 g/mol. The van der Waals surface area contributed by atoms with Crippen LogP contribution in [0.25, 0.3) is 0 Å². The Balaban J connectivity index is 2.68. The van der Waals surface area contributed by atoms with E-state index in [-0.39, 0.29) is 11.7 Å². The number of rotatable bonds is 4. The summed E-state index contributed by atoms with van der Waals surface area (Å²) >= 11 is 0. The average Bonchev–Trinajstić information content (AvgIpc) is 2.18. The zero-order valence-corrected chi connectivity index (χ0v) is 7.82. The Bertz CT molecular complexity index is 273. The largest absolute Gasteiger partial charge is 0.319 e. The predicted molar refractivity (Wildman–Crippen MR) is 49.5 cm³/mol. The molecule has 0 aliphatic rings. The van der Waals surface area contributed by atoms with E-state index in [9.17, 15) is 4.79 Å². The first kappa shape index (κ1) is 9.80. The fraction of sp³-hybridized carbons (Fsp3) is 0.444. The molecule has 0 amide bonds. The normalized spacial score (nSPS) is 12.5. The minimum atomic E-state index is -0.0315. The summed E-state index contributed by atoms with van der Waals surface area (Å²) in [5.74, 6) is 0.0472. The van der Waals surface area contributed by atoms with Gasteiger partial charge in [0.15, 0.2) is 5.78 Å². The molecule has 13 heavy (non-hydrogen) atoms. The van der Waals surface area contributed by atoms with Crippen molar-refractivity contribution in [2.75, 3.05) is 13.6 Å². The third-order valence-electron chi connectivity index (χ3n) is 1.80. The number of carbonyl (C=O) groups excluding carboxylic acids is 1. The molecule has 70 valence electrons. The zero-order chi connectivity index (χ0) is 9.68. The fourth-order valence-electron chi connectivity index (χ4n) is 1.11. The van der Waals surface area contributed by atoms with Gasteiger partial charge < -0.3 is 5.32 Å². The second-order valence-corrected chi connectivity index (χ2v) is 2.95. The molecule has 1 aromatic heterocycles. The molecular formula is C9H13N3O. The van der Waals surface area contributed by atoms with Crippen LogP contribution in [0.5, 0.6) is 0 Å². The lowest BCUT2D eigenvalue weighted by atomic mass is 10.0. The van der Waals surface area contributed by atoms with Gasteiger partial charge in [0.1, 0.15) is 6.33 Å². The summed E-state index contributed by atoms with van der Waals surface area (Å²) in [5.41, 5.74) is 0.574. The highest BCUT2D eigenvalue weighted by Gasteiger charge is 2.14. The summed E-state index contributed by atoms with van der Waals surface area (Å²) in [6, 6.07) is 0. The van der Waals surface area contributed by atoms with Crippen molar-refractivity contribution >= 4 is 5.78 Å². The summed E-state index contributed by atoms with van der Waals surface area (Å²) in [5, 5.41) is 2.96. The molecule has 0 spiro atoms. The van der Waals surface area contributed by atoms with E-state index in [2.05, 4.69) is 15.3 Å². The third-order valence-corrected chi connectivity index (χ3v) is 1.80. The van der Waals surface area contributed by atoms with E-state index in [1.807, 2.05) is 14.0 Å². The quantitative estimate of drug-likeness (QED) is 0.684. The zero-order valence-electron chi connectivity index (χ0n) is 7.82. The molecule has 1 unspecified atom stereocenters. The maximum absolute atomic E-state index is 11.6. The Kier molecular flexibility index (Phi) is 3.52. The number of carbonyl (C=O) groups is 1. The van der Waals surface area contributed by atoms with Crippen LogP contribution < -0.4 is 5.32 Å². The minimum Gasteiger partial charge on any atom is -0.319 e. The molecule has 0 aromatic carbocycles. The summed E-state index contributed by atoms with van der Waals surface area (Å²) < 4.78 is 0. The van der Waals surface area contributed by atoms with Crippen LogP contribution in [0.15, 0.2) is 18.7 Å². The number of ketones is 1. The van der Waals surface area contributed by atoms with Crippen LogP contribution in [0.4, 0.5) is 0 Å². The molecule has 1 aromatic rings. The van der Waals surface area contributed by atoms with Crippen LogP contribution in [-0.2, 0) is 0 Å². The van der Waals surface area contributed by atoms with E-state index in [0.29, 0.717) is 12.1 Å². The minimum absolute atomic E-state index is 0.0315. The Morgan fingerprint density at radius 3 is 2.69 bits per heavy atom. The fourth-order valence-corrected chi connectivity index (χ4v) is 1.11. The van der Waals surface area contributed by atoms with Crippen molar-refractivity contribution in [3.05, 3.63) is 24.3 Å². The standard InChI is InChI=1S/C9H13N3O/c1-7(3-10-2)9(13)8-4-11-6-12-5-8/h4-7,10H,3H2,1-2H3. The van der Waals surface area contributed by atoms with Crippen molar-refractivity contribution in [2.45, 2.75) is 6.92 Å². The summed E-state index contributed by atoms with van der Waals surface area (Å²) in [6.07, 6.45) is 4.50. The first-order valence-corrected chi connectivity index (χ1v) is 4.19. The van der Waals surface area contributed by atoms with Crippen LogP contribution in [0.2, 0.25) is 0 Å². The Morgan fingerprint density at radius 1 is 1.54 bits per heavy atom. The number of hydrogen-bond donors (Lipinski definition) is 1. The molecule has 4 nitrogen and oxygen atoms in total. The smallest absolute Gasteiger partial charge is 0.170 e. The molecule has 0 fully saturated rings. The van der Waals surface area contributed by atoms with E-state index >= 15 is 0 Å². The lowest BCUT2D eigenvalue weighted by molar-refractivity contribution is 0.0929. The predicted octanol–water partition coefficient (Wildman–Crippen LogP) is 0.515. The van der Waals surface area contributed by atoms with Crippen LogP contribution in [-0.4, -0.2) is 29.3 Å². The van der Waals surface area contributed by atoms with Gasteiger partial charge in [0.25, 0.3) is 0 Å². The highest BCUT2D eigenvalue weighted by Crippen LogP contribution is 2.04. The molecule has 0 saturated heterocycles. The van der Waals surface area contributed by atoms with E-state index in [0.717, 1.165) is 0 Å². The molecule has 0 saturated carbocycles. The Labute approximate surface area is 77.4 Å². The Morgan fingerprint density at radius 2 is 2.15 bits per heavy atom. The van der Waals surface area contributed by atoms with Gasteiger partial charge in [-0.3, -0.25) is 4.79 Å².